The van der Waals surface area contributed by atoms with E-state index in [1.54, 1.807) is 20.2 Å². The van der Waals surface area contributed by atoms with E-state index in [2.05, 4.69) is 5.32 Å². The largest absolute Gasteiger partial charge is 0.359 e. The third kappa shape index (κ3) is 2.22. The molecule has 14 heavy (non-hydrogen) atoms. The smallest absolute Gasteiger partial charge is 0.250 e. The molecule has 1 aromatic rings. The van der Waals surface area contributed by atoms with Gasteiger partial charge in [-0.25, -0.2) is 0 Å². The molecule has 1 amide bonds. The fourth-order valence-corrected chi connectivity index (χ4v) is 1.26. The van der Waals surface area contributed by atoms with E-state index in [0.717, 1.165) is 11.3 Å². The van der Waals surface area contributed by atoms with Crippen LogP contribution in [0.2, 0.25) is 0 Å². The highest BCUT2D eigenvalue weighted by Crippen LogP contribution is 2.00. The van der Waals surface area contributed by atoms with E-state index in [4.69, 9.17) is 0 Å². The molecule has 0 saturated heterocycles. The van der Waals surface area contributed by atoms with Crippen molar-refractivity contribution in [2.75, 3.05) is 7.05 Å². The lowest BCUT2D eigenvalue weighted by atomic mass is 10.2. The van der Waals surface area contributed by atoms with Gasteiger partial charge in [0.2, 0.25) is 5.91 Å². The molecule has 0 aliphatic carbocycles. The lowest BCUT2D eigenvalue weighted by molar-refractivity contribution is -0.120. The molecule has 0 unspecified atom stereocenters. The lowest BCUT2D eigenvalue weighted by Gasteiger charge is -2.07. The van der Waals surface area contributed by atoms with E-state index >= 15 is 0 Å². The number of aryl methyl sites for hydroxylation is 1. The minimum atomic E-state index is -0.0920. The number of carbonyl (C=O) groups excluding carboxylic acids is 1. The van der Waals surface area contributed by atoms with Crippen molar-refractivity contribution < 1.29 is 4.79 Å². The first-order chi connectivity index (χ1) is 6.54. The third-order valence-electron chi connectivity index (χ3n) is 2.13. The van der Waals surface area contributed by atoms with Crippen LogP contribution in [0, 0.1) is 6.92 Å². The van der Waals surface area contributed by atoms with Gasteiger partial charge in [-0.05, 0) is 18.6 Å². The Morgan fingerprint density at radius 3 is 2.71 bits per heavy atom. The Labute approximate surface area is 82.6 Å². The van der Waals surface area contributed by atoms with Crippen LogP contribution in [0.4, 0.5) is 0 Å². The number of nitrogens with one attached hydrogen (secondary N) is 1. The number of amides is 1. The molecule has 0 saturated carbocycles. The molecule has 0 bridgehead atoms. The molecule has 1 aromatic heterocycles. The highest BCUT2D eigenvalue weighted by atomic mass is 16.1. The molecule has 0 aliphatic heterocycles. The summed E-state index contributed by atoms with van der Waals surface area (Å²) in [6, 6.07) is 3.39. The summed E-state index contributed by atoms with van der Waals surface area (Å²) >= 11 is 0. The summed E-state index contributed by atoms with van der Waals surface area (Å²) in [5.74, 6) is -0.0920. The molecule has 4 heteroatoms. The molecule has 1 rings (SSSR count). The van der Waals surface area contributed by atoms with Gasteiger partial charge in [0.1, 0.15) is 0 Å². The van der Waals surface area contributed by atoms with E-state index in [-0.39, 0.29) is 17.9 Å². The van der Waals surface area contributed by atoms with Crippen molar-refractivity contribution >= 4 is 5.91 Å². The first-order valence-corrected chi connectivity index (χ1v) is 4.41. The number of hydrogen-bond acceptors (Lipinski definition) is 2. The lowest BCUT2D eigenvalue weighted by Crippen LogP contribution is -2.26. The topological polar surface area (TPSA) is 51.1 Å². The predicted octanol–water partition coefficient (Wildman–Crippen LogP) is -0.0178. The fourth-order valence-electron chi connectivity index (χ4n) is 1.26. The Morgan fingerprint density at radius 2 is 2.14 bits per heavy atom. The van der Waals surface area contributed by atoms with Crippen LogP contribution in [0.25, 0.3) is 0 Å². The van der Waals surface area contributed by atoms with E-state index in [9.17, 15) is 9.59 Å². The normalized spacial score (nSPS) is 9.93. The van der Waals surface area contributed by atoms with Crippen molar-refractivity contribution in [2.45, 2.75) is 13.3 Å². The highest BCUT2D eigenvalue weighted by molar-refractivity contribution is 5.77. The zero-order valence-electron chi connectivity index (χ0n) is 8.63. The molecular formula is C10H14N2O2. The second kappa shape index (κ2) is 4.09. The molecule has 1 heterocycles. The maximum absolute atomic E-state index is 11.4. The Morgan fingerprint density at radius 1 is 1.50 bits per heavy atom. The summed E-state index contributed by atoms with van der Waals surface area (Å²) in [4.78, 5) is 22.5. The van der Waals surface area contributed by atoms with Crippen LogP contribution in [0.5, 0.6) is 0 Å². The first-order valence-electron chi connectivity index (χ1n) is 4.41. The molecule has 0 aliphatic rings. The summed E-state index contributed by atoms with van der Waals surface area (Å²) in [5, 5.41) is 2.53. The second-order valence-corrected chi connectivity index (χ2v) is 3.27. The minimum Gasteiger partial charge on any atom is -0.359 e. The number of aromatic nitrogens is 1. The number of rotatable bonds is 2. The molecule has 0 fully saturated rings. The van der Waals surface area contributed by atoms with Crippen LogP contribution in [-0.2, 0) is 18.3 Å². The van der Waals surface area contributed by atoms with Crippen LogP contribution in [-0.4, -0.2) is 17.5 Å². The van der Waals surface area contributed by atoms with Gasteiger partial charge in [0.05, 0.1) is 6.42 Å². The van der Waals surface area contributed by atoms with Crippen molar-refractivity contribution in [1.82, 2.24) is 9.88 Å². The second-order valence-electron chi connectivity index (χ2n) is 3.27. The zero-order valence-corrected chi connectivity index (χ0v) is 8.63. The van der Waals surface area contributed by atoms with Gasteiger partial charge < -0.3 is 9.88 Å². The SMILES string of the molecule is CNC(=O)Cc1cc(C)cc(=O)n1C. The Hall–Kier alpha value is -1.58. The summed E-state index contributed by atoms with van der Waals surface area (Å²) in [6.07, 6.45) is 0.240. The van der Waals surface area contributed by atoms with Gasteiger partial charge in [-0.3, -0.25) is 9.59 Å². The van der Waals surface area contributed by atoms with E-state index in [0.29, 0.717) is 0 Å². The first kappa shape index (κ1) is 10.5. The molecule has 4 nitrogen and oxygen atoms in total. The van der Waals surface area contributed by atoms with Crippen LogP contribution >= 0.6 is 0 Å². The van der Waals surface area contributed by atoms with Gasteiger partial charge in [0.25, 0.3) is 5.56 Å². The van der Waals surface area contributed by atoms with E-state index in [1.165, 1.54) is 4.57 Å². The minimum absolute atomic E-state index is 0.0797. The van der Waals surface area contributed by atoms with Crippen molar-refractivity contribution in [3.8, 4) is 0 Å². The summed E-state index contributed by atoms with van der Waals surface area (Å²) in [5.41, 5.74) is 1.53. The molecule has 0 atom stereocenters. The molecular weight excluding hydrogens is 180 g/mol. The maximum atomic E-state index is 11.4. The predicted molar refractivity (Wildman–Crippen MR) is 54.2 cm³/mol. The van der Waals surface area contributed by atoms with E-state index < -0.39 is 0 Å². The van der Waals surface area contributed by atoms with Crippen molar-refractivity contribution in [2.24, 2.45) is 7.05 Å². The molecule has 76 valence electrons. The van der Waals surface area contributed by atoms with Gasteiger partial charge in [-0.2, -0.15) is 0 Å². The fraction of sp³-hybridized carbons (Fsp3) is 0.400. The van der Waals surface area contributed by atoms with Gasteiger partial charge >= 0.3 is 0 Å². The monoisotopic (exact) mass is 194 g/mol. The molecule has 0 aromatic carbocycles. The van der Waals surface area contributed by atoms with Crippen LogP contribution < -0.4 is 10.9 Å². The third-order valence-corrected chi connectivity index (χ3v) is 2.13. The number of pyridine rings is 1. The Kier molecular flexibility index (Phi) is 3.06. The average molecular weight is 194 g/mol. The maximum Gasteiger partial charge on any atom is 0.250 e. The van der Waals surface area contributed by atoms with Gasteiger partial charge in [0.15, 0.2) is 0 Å². The van der Waals surface area contributed by atoms with Crippen molar-refractivity contribution in [3.05, 3.63) is 33.7 Å². The van der Waals surface area contributed by atoms with E-state index in [1.807, 2.05) is 13.0 Å². The van der Waals surface area contributed by atoms with Gasteiger partial charge in [-0.15, -0.1) is 0 Å². The average Bonchev–Trinajstić information content (AvgIpc) is 2.13. The number of carbonyl (C=O) groups is 1. The van der Waals surface area contributed by atoms with Gasteiger partial charge in [-0.1, -0.05) is 0 Å². The number of nitrogens with zero attached hydrogens (tertiary/aromatic N) is 1. The Balaban J connectivity index is 3.08. The number of hydrogen-bond donors (Lipinski definition) is 1. The molecule has 1 N–H and O–H groups in total. The van der Waals surface area contributed by atoms with Crippen molar-refractivity contribution in [1.29, 1.82) is 0 Å². The standard InChI is InChI=1S/C10H14N2O2/c1-7-4-8(6-9(13)11-2)12(3)10(14)5-7/h4-5H,6H2,1-3H3,(H,11,13). The van der Waals surface area contributed by atoms with Crippen LogP contribution in [0.1, 0.15) is 11.3 Å². The quantitative estimate of drug-likeness (QED) is 0.719. The zero-order chi connectivity index (χ0) is 10.7. The van der Waals surface area contributed by atoms with Gasteiger partial charge in [0, 0.05) is 25.9 Å². The summed E-state index contributed by atoms with van der Waals surface area (Å²) in [6.45, 7) is 1.84. The number of likely N-dealkylation sites (N-methyl/N-ethyl adjacent to an activating group) is 1. The Bertz CT molecular complexity index is 407. The van der Waals surface area contributed by atoms with Crippen LogP contribution in [0.3, 0.4) is 0 Å². The molecule has 0 spiro atoms. The summed E-state index contributed by atoms with van der Waals surface area (Å²) < 4.78 is 1.49. The van der Waals surface area contributed by atoms with Crippen LogP contribution in [0.15, 0.2) is 16.9 Å². The summed E-state index contributed by atoms with van der Waals surface area (Å²) in [7, 11) is 3.25. The molecule has 0 radical (unpaired) electrons. The highest BCUT2D eigenvalue weighted by Gasteiger charge is 2.05. The van der Waals surface area contributed by atoms with Crippen molar-refractivity contribution in [3.63, 3.8) is 0 Å².